The Morgan fingerprint density at radius 3 is 2.50 bits per heavy atom. The molecule has 0 amide bonds. The van der Waals surface area contributed by atoms with Crippen molar-refractivity contribution in [2.75, 3.05) is 0 Å². The Morgan fingerprint density at radius 2 is 1.83 bits per heavy atom. The summed E-state index contributed by atoms with van der Waals surface area (Å²) in [6.45, 7) is 5.50. The lowest BCUT2D eigenvalue weighted by atomic mass is 10.2. The summed E-state index contributed by atoms with van der Waals surface area (Å²) in [4.78, 5) is 0. The van der Waals surface area contributed by atoms with E-state index in [0.717, 1.165) is 13.0 Å². The summed E-state index contributed by atoms with van der Waals surface area (Å²) in [6, 6.07) is 10.6. The molecule has 0 radical (unpaired) electrons. The number of benzene rings is 1. The van der Waals surface area contributed by atoms with Crippen molar-refractivity contribution in [3.63, 3.8) is 0 Å². The predicted molar refractivity (Wildman–Crippen MR) is 74.9 cm³/mol. The number of unbranched alkanes of at least 4 members (excludes halogenated alkanes) is 2. The maximum absolute atomic E-state index is 2.35. The molecule has 0 aliphatic heterocycles. The molecule has 2 aromatic rings. The predicted octanol–water partition coefficient (Wildman–Crippen LogP) is 3.52. The molecule has 0 aliphatic carbocycles. The normalized spacial score (nSPS) is 10.8. The molecule has 0 saturated heterocycles. The van der Waals surface area contributed by atoms with Crippen LogP contribution in [0.4, 0.5) is 0 Å². The van der Waals surface area contributed by atoms with E-state index in [0.29, 0.717) is 0 Å². The largest absolute Gasteiger partial charge is 0.261 e. The first-order chi connectivity index (χ1) is 8.86. The summed E-state index contributed by atoms with van der Waals surface area (Å²) in [5, 5.41) is 0. The molecular formula is C16H23N2+. The monoisotopic (exact) mass is 243 g/mol. The van der Waals surface area contributed by atoms with Gasteiger partial charge < -0.3 is 0 Å². The standard InChI is InChI=1S/C16H23N2/c1-3-5-7-12-16-17(4-2)13-14-18(16)15-10-8-6-9-11-15/h6,8-11,13-14H,3-5,7,12H2,1-2H3/q+1. The van der Waals surface area contributed by atoms with E-state index < -0.39 is 0 Å². The van der Waals surface area contributed by atoms with Crippen LogP contribution in [0.2, 0.25) is 0 Å². The second-order valence-corrected chi connectivity index (χ2v) is 4.66. The number of para-hydroxylation sites is 1. The van der Waals surface area contributed by atoms with Crippen LogP contribution in [0, 0.1) is 0 Å². The highest BCUT2D eigenvalue weighted by Gasteiger charge is 2.16. The van der Waals surface area contributed by atoms with Crippen LogP contribution in [0.5, 0.6) is 0 Å². The number of aryl methyl sites for hydroxylation is 1. The summed E-state index contributed by atoms with van der Waals surface area (Å²) in [6.07, 6.45) is 9.38. The number of rotatable bonds is 6. The van der Waals surface area contributed by atoms with Crippen molar-refractivity contribution in [2.45, 2.75) is 46.1 Å². The van der Waals surface area contributed by atoms with Gasteiger partial charge in [-0.2, -0.15) is 4.57 Å². The van der Waals surface area contributed by atoms with Gasteiger partial charge in [-0.25, -0.2) is 4.57 Å². The summed E-state index contributed by atoms with van der Waals surface area (Å²) >= 11 is 0. The molecule has 0 unspecified atom stereocenters. The van der Waals surface area contributed by atoms with E-state index in [1.165, 1.54) is 30.8 Å². The average Bonchev–Trinajstić information content (AvgIpc) is 2.83. The highest BCUT2D eigenvalue weighted by atomic mass is 15.1. The number of imidazole rings is 1. The Kier molecular flexibility index (Phi) is 4.57. The molecule has 1 aromatic heterocycles. The maximum atomic E-state index is 2.35. The third kappa shape index (κ3) is 2.81. The molecule has 2 rings (SSSR count). The second-order valence-electron chi connectivity index (χ2n) is 4.66. The van der Waals surface area contributed by atoms with Gasteiger partial charge in [0.05, 0.1) is 6.54 Å². The van der Waals surface area contributed by atoms with Crippen LogP contribution in [-0.4, -0.2) is 4.57 Å². The summed E-state index contributed by atoms with van der Waals surface area (Å²) < 4.78 is 4.67. The van der Waals surface area contributed by atoms with Crippen LogP contribution in [0.3, 0.4) is 0 Å². The van der Waals surface area contributed by atoms with Gasteiger partial charge in [0.25, 0.3) is 5.82 Å². The number of aromatic nitrogens is 2. The SMILES string of the molecule is CCCCCc1n(-c2ccccc2)cc[n+]1CC. The van der Waals surface area contributed by atoms with E-state index in [2.05, 4.69) is 65.7 Å². The maximum Gasteiger partial charge on any atom is 0.261 e. The van der Waals surface area contributed by atoms with E-state index >= 15 is 0 Å². The fourth-order valence-electron chi connectivity index (χ4n) is 2.37. The molecule has 2 nitrogen and oxygen atoms in total. The van der Waals surface area contributed by atoms with Crippen LogP contribution in [0.15, 0.2) is 42.7 Å². The minimum Gasteiger partial charge on any atom is -0.234 e. The average molecular weight is 243 g/mol. The first-order valence-corrected chi connectivity index (χ1v) is 7.02. The molecular weight excluding hydrogens is 220 g/mol. The Bertz CT molecular complexity index is 471. The molecule has 0 fully saturated rings. The molecule has 1 aromatic carbocycles. The van der Waals surface area contributed by atoms with Gasteiger partial charge in [-0.3, -0.25) is 0 Å². The fourth-order valence-corrected chi connectivity index (χ4v) is 2.37. The zero-order chi connectivity index (χ0) is 12.8. The first kappa shape index (κ1) is 12.9. The second kappa shape index (κ2) is 6.39. The van der Waals surface area contributed by atoms with E-state index in [9.17, 15) is 0 Å². The quantitative estimate of drug-likeness (QED) is 0.542. The lowest BCUT2D eigenvalue weighted by Gasteiger charge is -2.03. The molecule has 0 saturated carbocycles. The lowest BCUT2D eigenvalue weighted by Crippen LogP contribution is -2.35. The highest BCUT2D eigenvalue weighted by molar-refractivity contribution is 5.31. The molecule has 2 heteroatoms. The van der Waals surface area contributed by atoms with Gasteiger partial charge in [0.15, 0.2) is 0 Å². The van der Waals surface area contributed by atoms with Crippen molar-refractivity contribution < 1.29 is 4.57 Å². The molecule has 0 N–H and O–H groups in total. The number of hydrogen-bond acceptors (Lipinski definition) is 0. The van der Waals surface area contributed by atoms with Crippen LogP contribution < -0.4 is 4.57 Å². The van der Waals surface area contributed by atoms with Crippen molar-refractivity contribution in [1.82, 2.24) is 4.57 Å². The highest BCUT2D eigenvalue weighted by Crippen LogP contribution is 2.11. The van der Waals surface area contributed by atoms with Crippen molar-refractivity contribution in [2.24, 2.45) is 0 Å². The first-order valence-electron chi connectivity index (χ1n) is 7.02. The molecule has 1 heterocycles. The van der Waals surface area contributed by atoms with E-state index in [4.69, 9.17) is 0 Å². The Morgan fingerprint density at radius 1 is 1.06 bits per heavy atom. The van der Waals surface area contributed by atoms with Gasteiger partial charge in [-0.15, -0.1) is 0 Å². The number of nitrogens with zero attached hydrogens (tertiary/aromatic N) is 2. The summed E-state index contributed by atoms with van der Waals surface area (Å²) in [7, 11) is 0. The Hall–Kier alpha value is -1.57. The van der Waals surface area contributed by atoms with Gasteiger partial charge in [0.1, 0.15) is 18.1 Å². The van der Waals surface area contributed by atoms with Crippen LogP contribution in [0.1, 0.15) is 38.9 Å². The third-order valence-corrected chi connectivity index (χ3v) is 3.38. The van der Waals surface area contributed by atoms with Gasteiger partial charge in [-0.1, -0.05) is 38.0 Å². The number of hydrogen-bond donors (Lipinski definition) is 0. The van der Waals surface area contributed by atoms with Gasteiger partial charge in [0, 0.05) is 6.42 Å². The van der Waals surface area contributed by atoms with E-state index in [-0.39, 0.29) is 0 Å². The van der Waals surface area contributed by atoms with Crippen molar-refractivity contribution >= 4 is 0 Å². The molecule has 18 heavy (non-hydrogen) atoms. The smallest absolute Gasteiger partial charge is 0.234 e. The van der Waals surface area contributed by atoms with Crippen molar-refractivity contribution in [3.05, 3.63) is 48.5 Å². The van der Waals surface area contributed by atoms with Crippen LogP contribution in [-0.2, 0) is 13.0 Å². The van der Waals surface area contributed by atoms with Crippen LogP contribution in [0.25, 0.3) is 5.69 Å². The van der Waals surface area contributed by atoms with Crippen molar-refractivity contribution in [3.8, 4) is 5.69 Å². The molecule has 0 spiro atoms. The van der Waals surface area contributed by atoms with Crippen LogP contribution >= 0.6 is 0 Å². The van der Waals surface area contributed by atoms with E-state index in [1.54, 1.807) is 0 Å². The minimum absolute atomic E-state index is 1.04. The zero-order valence-electron chi connectivity index (χ0n) is 11.5. The van der Waals surface area contributed by atoms with Gasteiger partial charge >= 0.3 is 0 Å². The molecule has 0 atom stereocenters. The van der Waals surface area contributed by atoms with Gasteiger partial charge in [-0.05, 0) is 25.5 Å². The summed E-state index contributed by atoms with van der Waals surface area (Å²) in [5.74, 6) is 1.41. The summed E-state index contributed by atoms with van der Waals surface area (Å²) in [5.41, 5.74) is 1.26. The molecule has 96 valence electrons. The van der Waals surface area contributed by atoms with Crippen molar-refractivity contribution in [1.29, 1.82) is 0 Å². The van der Waals surface area contributed by atoms with E-state index in [1.807, 2.05) is 0 Å². The lowest BCUT2D eigenvalue weighted by molar-refractivity contribution is -0.700. The zero-order valence-corrected chi connectivity index (χ0v) is 11.5. The third-order valence-electron chi connectivity index (χ3n) is 3.38. The van der Waals surface area contributed by atoms with Gasteiger partial charge in [0.2, 0.25) is 0 Å². The Labute approximate surface area is 110 Å². The molecule has 0 aliphatic rings. The fraction of sp³-hybridized carbons (Fsp3) is 0.438. The Balaban J connectivity index is 2.27. The topological polar surface area (TPSA) is 8.81 Å². The molecule has 0 bridgehead atoms. The minimum atomic E-state index is 1.04.